The quantitative estimate of drug-likeness (QED) is 0.672. The van der Waals surface area contributed by atoms with Gasteiger partial charge in [-0.05, 0) is 18.8 Å². The van der Waals surface area contributed by atoms with Gasteiger partial charge in [-0.1, -0.05) is 0 Å². The third kappa shape index (κ3) is 5.37. The minimum absolute atomic E-state index is 0.0156. The molecule has 0 aromatic carbocycles. The fourth-order valence-corrected chi connectivity index (χ4v) is 1.54. The fourth-order valence-electron chi connectivity index (χ4n) is 1.54. The summed E-state index contributed by atoms with van der Waals surface area (Å²) in [5.74, 6) is -0.460. The summed E-state index contributed by atoms with van der Waals surface area (Å²) in [6, 6.07) is 0. The minimum atomic E-state index is -0.889. The molecule has 0 aromatic rings. The zero-order valence-corrected chi connectivity index (χ0v) is 8.70. The van der Waals surface area contributed by atoms with E-state index < -0.39 is 5.97 Å². The van der Waals surface area contributed by atoms with Crippen molar-refractivity contribution in [1.82, 2.24) is 5.32 Å². The molecule has 0 aromatic heterocycles. The lowest BCUT2D eigenvalue weighted by Crippen LogP contribution is -2.26. The average molecular weight is 215 g/mol. The maximum absolute atomic E-state index is 11.2. The smallest absolute Gasteiger partial charge is 0.305 e. The van der Waals surface area contributed by atoms with Crippen LogP contribution in [0.1, 0.15) is 25.7 Å². The zero-order chi connectivity index (χ0) is 11.1. The van der Waals surface area contributed by atoms with Crippen LogP contribution in [-0.2, 0) is 14.3 Å². The van der Waals surface area contributed by atoms with Crippen LogP contribution in [0.3, 0.4) is 0 Å². The third-order valence-corrected chi connectivity index (χ3v) is 2.46. The molecule has 86 valence electrons. The van der Waals surface area contributed by atoms with Gasteiger partial charge in [0.2, 0.25) is 5.91 Å². The number of amides is 1. The topological polar surface area (TPSA) is 75.6 Å². The molecule has 2 N–H and O–H groups in total. The van der Waals surface area contributed by atoms with Crippen LogP contribution >= 0.6 is 0 Å². The first-order valence-electron chi connectivity index (χ1n) is 5.24. The highest BCUT2D eigenvalue weighted by Crippen LogP contribution is 2.17. The Morgan fingerprint density at radius 1 is 1.40 bits per heavy atom. The van der Waals surface area contributed by atoms with Crippen molar-refractivity contribution in [3.63, 3.8) is 0 Å². The van der Waals surface area contributed by atoms with Crippen LogP contribution in [0.2, 0.25) is 0 Å². The van der Waals surface area contributed by atoms with Crippen molar-refractivity contribution in [2.24, 2.45) is 5.92 Å². The van der Waals surface area contributed by atoms with E-state index in [1.165, 1.54) is 0 Å². The Kier molecular flexibility index (Phi) is 5.10. The molecule has 1 atom stereocenters. The second-order valence-electron chi connectivity index (χ2n) is 3.76. The molecular formula is C10H17NO4. The molecule has 1 saturated heterocycles. The van der Waals surface area contributed by atoms with Crippen molar-refractivity contribution in [1.29, 1.82) is 0 Å². The van der Waals surface area contributed by atoms with E-state index >= 15 is 0 Å². The van der Waals surface area contributed by atoms with E-state index in [-0.39, 0.29) is 18.9 Å². The van der Waals surface area contributed by atoms with Crippen LogP contribution in [0, 0.1) is 5.92 Å². The molecule has 1 unspecified atom stereocenters. The summed E-state index contributed by atoms with van der Waals surface area (Å²) in [6.07, 6.45) is 2.31. The molecule has 1 rings (SSSR count). The predicted octanol–water partition coefficient (Wildman–Crippen LogP) is 0.394. The molecule has 0 radical (unpaired) electrons. The Morgan fingerprint density at radius 2 is 2.20 bits per heavy atom. The highest BCUT2D eigenvalue weighted by Gasteiger charge is 2.16. The standard InChI is InChI=1S/C10H17NO4/c12-9(11-5-3-10(13)14)2-1-8-4-6-15-7-8/h8H,1-7H2,(H,11,12)(H,13,14). The predicted molar refractivity (Wildman–Crippen MR) is 53.4 cm³/mol. The van der Waals surface area contributed by atoms with Crippen molar-refractivity contribution in [3.8, 4) is 0 Å². The summed E-state index contributed by atoms with van der Waals surface area (Å²) in [7, 11) is 0. The van der Waals surface area contributed by atoms with E-state index in [0.29, 0.717) is 12.3 Å². The number of carboxylic acid groups (broad SMARTS) is 1. The number of carbonyl (C=O) groups excluding carboxylic acids is 1. The molecule has 0 spiro atoms. The molecule has 0 aliphatic carbocycles. The summed E-state index contributed by atoms with van der Waals surface area (Å²) >= 11 is 0. The van der Waals surface area contributed by atoms with E-state index in [1.54, 1.807) is 0 Å². The van der Waals surface area contributed by atoms with Gasteiger partial charge in [0.1, 0.15) is 0 Å². The van der Waals surface area contributed by atoms with Gasteiger partial charge in [0.05, 0.1) is 6.42 Å². The van der Waals surface area contributed by atoms with Gasteiger partial charge in [-0.25, -0.2) is 0 Å². The Hall–Kier alpha value is -1.10. The van der Waals surface area contributed by atoms with Gasteiger partial charge >= 0.3 is 5.97 Å². The Bertz CT molecular complexity index is 223. The van der Waals surface area contributed by atoms with Crippen molar-refractivity contribution >= 4 is 11.9 Å². The number of rotatable bonds is 6. The average Bonchev–Trinajstić information content (AvgIpc) is 2.66. The molecule has 0 bridgehead atoms. The van der Waals surface area contributed by atoms with E-state index in [1.807, 2.05) is 0 Å². The maximum atomic E-state index is 11.2. The maximum Gasteiger partial charge on any atom is 0.305 e. The zero-order valence-electron chi connectivity index (χ0n) is 8.70. The van der Waals surface area contributed by atoms with Crippen LogP contribution in [0.15, 0.2) is 0 Å². The summed E-state index contributed by atoms with van der Waals surface area (Å²) < 4.78 is 5.19. The monoisotopic (exact) mass is 215 g/mol. The summed E-state index contributed by atoms with van der Waals surface area (Å²) in [5.41, 5.74) is 0. The number of aliphatic carboxylic acids is 1. The van der Waals surface area contributed by atoms with Crippen molar-refractivity contribution in [2.75, 3.05) is 19.8 Å². The molecular weight excluding hydrogens is 198 g/mol. The lowest BCUT2D eigenvalue weighted by Gasteiger charge is -2.07. The first-order chi connectivity index (χ1) is 7.18. The summed E-state index contributed by atoms with van der Waals surface area (Å²) in [6.45, 7) is 1.77. The van der Waals surface area contributed by atoms with Crippen molar-refractivity contribution in [3.05, 3.63) is 0 Å². The minimum Gasteiger partial charge on any atom is -0.481 e. The van der Waals surface area contributed by atoms with E-state index in [4.69, 9.17) is 9.84 Å². The van der Waals surface area contributed by atoms with Crippen LogP contribution in [0.5, 0.6) is 0 Å². The fraction of sp³-hybridized carbons (Fsp3) is 0.800. The third-order valence-electron chi connectivity index (χ3n) is 2.46. The second-order valence-corrected chi connectivity index (χ2v) is 3.76. The number of carbonyl (C=O) groups is 2. The van der Waals surface area contributed by atoms with E-state index in [9.17, 15) is 9.59 Å². The molecule has 1 aliphatic rings. The molecule has 1 amide bonds. The molecule has 5 heteroatoms. The van der Waals surface area contributed by atoms with Crippen LogP contribution in [0.4, 0.5) is 0 Å². The van der Waals surface area contributed by atoms with Gasteiger partial charge in [-0.15, -0.1) is 0 Å². The number of carboxylic acids is 1. The van der Waals surface area contributed by atoms with Crippen LogP contribution < -0.4 is 5.32 Å². The molecule has 0 saturated carbocycles. The van der Waals surface area contributed by atoms with Gasteiger partial charge in [-0.3, -0.25) is 9.59 Å². The molecule has 1 fully saturated rings. The Labute approximate surface area is 88.8 Å². The molecule has 1 aliphatic heterocycles. The highest BCUT2D eigenvalue weighted by molar-refractivity contribution is 5.76. The lowest BCUT2D eigenvalue weighted by molar-refractivity contribution is -0.136. The summed E-state index contributed by atoms with van der Waals surface area (Å²) in [5, 5.41) is 10.9. The molecule has 5 nitrogen and oxygen atoms in total. The number of nitrogens with one attached hydrogen (secondary N) is 1. The van der Waals surface area contributed by atoms with Crippen molar-refractivity contribution in [2.45, 2.75) is 25.7 Å². The van der Waals surface area contributed by atoms with Crippen molar-refractivity contribution < 1.29 is 19.4 Å². The Balaban J connectivity index is 2.00. The number of ether oxygens (including phenoxy) is 1. The van der Waals surface area contributed by atoms with Gasteiger partial charge in [0.25, 0.3) is 0 Å². The SMILES string of the molecule is O=C(O)CCNC(=O)CCC1CCOC1. The molecule has 15 heavy (non-hydrogen) atoms. The summed E-state index contributed by atoms with van der Waals surface area (Å²) in [4.78, 5) is 21.4. The number of hydrogen-bond acceptors (Lipinski definition) is 3. The van der Waals surface area contributed by atoms with Crippen LogP contribution in [0.25, 0.3) is 0 Å². The second kappa shape index (κ2) is 6.40. The van der Waals surface area contributed by atoms with E-state index in [2.05, 4.69) is 5.32 Å². The van der Waals surface area contributed by atoms with Gasteiger partial charge in [0.15, 0.2) is 0 Å². The largest absolute Gasteiger partial charge is 0.481 e. The first-order valence-corrected chi connectivity index (χ1v) is 5.24. The number of hydrogen-bond donors (Lipinski definition) is 2. The van der Waals surface area contributed by atoms with Gasteiger partial charge in [0, 0.05) is 26.2 Å². The highest BCUT2D eigenvalue weighted by atomic mass is 16.5. The van der Waals surface area contributed by atoms with Gasteiger partial charge in [-0.2, -0.15) is 0 Å². The van der Waals surface area contributed by atoms with E-state index in [0.717, 1.165) is 26.1 Å². The molecule has 1 heterocycles. The Morgan fingerprint density at radius 3 is 2.80 bits per heavy atom. The normalized spacial score (nSPS) is 20.1. The van der Waals surface area contributed by atoms with Gasteiger partial charge < -0.3 is 15.2 Å². The van der Waals surface area contributed by atoms with Crippen LogP contribution in [-0.4, -0.2) is 36.7 Å². The lowest BCUT2D eigenvalue weighted by atomic mass is 10.0. The first kappa shape index (κ1) is 12.0.